The lowest BCUT2D eigenvalue weighted by Gasteiger charge is -2.12. The van der Waals surface area contributed by atoms with E-state index in [1.807, 2.05) is 48.8 Å². The van der Waals surface area contributed by atoms with Gasteiger partial charge in [0.05, 0.1) is 33.1 Å². The molecule has 0 saturated heterocycles. The molecule has 0 atom stereocenters. The number of para-hydroxylation sites is 2. The zero-order valence-electron chi connectivity index (χ0n) is 21.9. The molecule has 192 valence electrons. The van der Waals surface area contributed by atoms with Crippen molar-refractivity contribution in [3.63, 3.8) is 0 Å². The minimum Gasteiger partial charge on any atom is -0.457 e. The molecule has 0 N–H and O–H groups in total. The summed E-state index contributed by atoms with van der Waals surface area (Å²) in [6.45, 7) is 0. The maximum Gasteiger partial charge on any atom is 0.137 e. The second-order valence-corrected chi connectivity index (χ2v) is 10.3. The van der Waals surface area contributed by atoms with Gasteiger partial charge < -0.3 is 9.14 Å². The molecule has 5 heterocycles. The summed E-state index contributed by atoms with van der Waals surface area (Å²) in [6.07, 6.45) is 3.69. The van der Waals surface area contributed by atoms with E-state index >= 15 is 0 Å². The third-order valence-electron chi connectivity index (χ3n) is 8.02. The Morgan fingerprint density at radius 1 is 0.463 bits per heavy atom. The Morgan fingerprint density at radius 3 is 2.05 bits per heavy atom. The second-order valence-electron chi connectivity index (χ2n) is 10.3. The molecule has 41 heavy (non-hydrogen) atoms. The van der Waals surface area contributed by atoms with Crippen LogP contribution in [0.4, 0.5) is 0 Å². The normalized spacial score (nSPS) is 11.9. The average molecular weight is 527 g/mol. The van der Waals surface area contributed by atoms with Gasteiger partial charge in [0.25, 0.3) is 0 Å². The number of nitrogens with zero attached hydrogens (tertiary/aromatic N) is 4. The maximum absolute atomic E-state index is 6.53. The first kappa shape index (κ1) is 22.2. The molecule has 5 nitrogen and oxygen atoms in total. The smallest absolute Gasteiger partial charge is 0.137 e. The highest BCUT2D eigenvalue weighted by Crippen LogP contribution is 2.38. The highest BCUT2D eigenvalue weighted by Gasteiger charge is 2.16. The monoisotopic (exact) mass is 526 g/mol. The highest BCUT2D eigenvalue weighted by atomic mass is 16.5. The molecular formula is C36H22N4O. The lowest BCUT2D eigenvalue weighted by molar-refractivity contribution is 0.484. The van der Waals surface area contributed by atoms with Gasteiger partial charge in [-0.25, -0.2) is 4.98 Å². The number of ether oxygens (including phenoxy) is 1. The second kappa shape index (κ2) is 8.41. The molecule has 9 rings (SSSR count). The molecule has 0 aliphatic heterocycles. The number of aromatic nitrogens is 4. The van der Waals surface area contributed by atoms with Crippen LogP contribution in [-0.4, -0.2) is 18.9 Å². The van der Waals surface area contributed by atoms with E-state index in [2.05, 4.69) is 98.9 Å². The summed E-state index contributed by atoms with van der Waals surface area (Å²) < 4.78 is 11.0. The number of pyridine rings is 3. The fourth-order valence-electron chi connectivity index (χ4n) is 6.29. The zero-order chi connectivity index (χ0) is 26.9. The van der Waals surface area contributed by atoms with Crippen LogP contribution < -0.4 is 4.74 Å². The van der Waals surface area contributed by atoms with Crippen molar-refractivity contribution in [3.8, 4) is 17.3 Å². The van der Waals surface area contributed by atoms with Crippen LogP contribution in [0.15, 0.2) is 134 Å². The van der Waals surface area contributed by atoms with Crippen LogP contribution >= 0.6 is 0 Å². The molecule has 9 aromatic rings. The summed E-state index contributed by atoms with van der Waals surface area (Å²) >= 11 is 0. The summed E-state index contributed by atoms with van der Waals surface area (Å²) in [7, 11) is 0. The molecule has 4 aromatic carbocycles. The van der Waals surface area contributed by atoms with Crippen molar-refractivity contribution in [2.75, 3.05) is 0 Å². The van der Waals surface area contributed by atoms with E-state index in [9.17, 15) is 0 Å². The Balaban J connectivity index is 1.23. The van der Waals surface area contributed by atoms with Gasteiger partial charge in [-0.05, 0) is 72.8 Å². The van der Waals surface area contributed by atoms with Crippen molar-refractivity contribution in [3.05, 3.63) is 134 Å². The Bertz CT molecular complexity index is 2450. The summed E-state index contributed by atoms with van der Waals surface area (Å²) in [5, 5.41) is 5.77. The SMILES string of the molecule is c1ccc(-n2c3ccccc3c3ccc(Oc4ccc5c(c4)c4ncccc4n4c6ccccc6cc54)cc32)nc1. The third kappa shape index (κ3) is 3.23. The summed E-state index contributed by atoms with van der Waals surface area (Å²) in [6, 6.07) is 41.9. The molecule has 0 unspecified atom stereocenters. The van der Waals surface area contributed by atoms with Gasteiger partial charge in [-0.1, -0.05) is 42.5 Å². The Labute approximate surface area is 234 Å². The molecule has 5 aromatic heterocycles. The fraction of sp³-hybridized carbons (Fsp3) is 0. The Kier molecular flexibility index (Phi) is 4.55. The zero-order valence-corrected chi connectivity index (χ0v) is 21.9. The average Bonchev–Trinajstić information content (AvgIpc) is 3.58. The van der Waals surface area contributed by atoms with Crippen molar-refractivity contribution < 1.29 is 4.74 Å². The number of hydrogen-bond donors (Lipinski definition) is 0. The standard InChI is InChI=1S/C36H22N4O/c1-3-10-30-23(8-1)20-33-28-17-14-24(21-29(28)36-32(39(30)33)12-7-19-38-36)41-25-15-16-27-26-9-2-4-11-31(26)40(34(27)22-25)35-13-5-6-18-37-35/h1-22H. The van der Waals surface area contributed by atoms with Gasteiger partial charge in [0, 0.05) is 45.4 Å². The summed E-state index contributed by atoms with van der Waals surface area (Å²) in [4.78, 5) is 9.47. The summed E-state index contributed by atoms with van der Waals surface area (Å²) in [5.74, 6) is 2.41. The Hall–Kier alpha value is -5.68. The van der Waals surface area contributed by atoms with Crippen LogP contribution in [-0.2, 0) is 0 Å². The predicted octanol–water partition coefficient (Wildman–Crippen LogP) is 9.08. The van der Waals surface area contributed by atoms with Crippen molar-refractivity contribution in [2.45, 2.75) is 0 Å². The highest BCUT2D eigenvalue weighted by molar-refractivity contribution is 6.14. The number of benzene rings is 4. The van der Waals surface area contributed by atoms with Crippen LogP contribution in [0.5, 0.6) is 11.5 Å². The van der Waals surface area contributed by atoms with Crippen LogP contribution in [0.2, 0.25) is 0 Å². The van der Waals surface area contributed by atoms with E-state index in [1.165, 1.54) is 16.3 Å². The molecule has 0 saturated carbocycles. The van der Waals surface area contributed by atoms with Crippen molar-refractivity contribution in [2.24, 2.45) is 0 Å². The van der Waals surface area contributed by atoms with Crippen molar-refractivity contribution in [1.82, 2.24) is 18.9 Å². The molecule has 0 aliphatic rings. The predicted molar refractivity (Wildman–Crippen MR) is 166 cm³/mol. The first-order valence-electron chi connectivity index (χ1n) is 13.7. The van der Waals surface area contributed by atoms with Gasteiger partial charge in [0.1, 0.15) is 17.3 Å². The lowest BCUT2D eigenvalue weighted by Crippen LogP contribution is -1.96. The van der Waals surface area contributed by atoms with Crippen LogP contribution in [0.3, 0.4) is 0 Å². The Morgan fingerprint density at radius 2 is 1.17 bits per heavy atom. The number of fused-ring (bicyclic) bond motifs is 11. The largest absolute Gasteiger partial charge is 0.457 e. The van der Waals surface area contributed by atoms with E-state index < -0.39 is 0 Å². The van der Waals surface area contributed by atoms with Crippen molar-refractivity contribution in [1.29, 1.82) is 0 Å². The van der Waals surface area contributed by atoms with Gasteiger partial charge in [-0.3, -0.25) is 9.55 Å². The topological polar surface area (TPSA) is 44.4 Å². The van der Waals surface area contributed by atoms with E-state index in [1.54, 1.807) is 0 Å². The minimum atomic E-state index is 0.767. The first-order chi connectivity index (χ1) is 20.3. The third-order valence-corrected chi connectivity index (χ3v) is 8.02. The van der Waals surface area contributed by atoms with E-state index in [0.29, 0.717) is 0 Å². The van der Waals surface area contributed by atoms with Gasteiger partial charge in [-0.15, -0.1) is 0 Å². The van der Waals surface area contributed by atoms with E-state index in [4.69, 9.17) is 9.72 Å². The van der Waals surface area contributed by atoms with Gasteiger partial charge in [0.15, 0.2) is 0 Å². The molecule has 0 bridgehead atoms. The minimum absolute atomic E-state index is 0.767. The van der Waals surface area contributed by atoms with E-state index in [0.717, 1.165) is 61.1 Å². The molecule has 0 radical (unpaired) electrons. The quantitative estimate of drug-likeness (QED) is 0.216. The molecule has 0 fully saturated rings. The number of rotatable bonds is 3. The fourth-order valence-corrected chi connectivity index (χ4v) is 6.29. The van der Waals surface area contributed by atoms with Gasteiger partial charge in [-0.2, -0.15) is 0 Å². The van der Waals surface area contributed by atoms with Crippen LogP contribution in [0.1, 0.15) is 0 Å². The van der Waals surface area contributed by atoms with Crippen molar-refractivity contribution >= 4 is 60.0 Å². The molecule has 0 amide bonds. The number of hydrogen-bond acceptors (Lipinski definition) is 3. The van der Waals surface area contributed by atoms with E-state index in [-0.39, 0.29) is 0 Å². The van der Waals surface area contributed by atoms with Gasteiger partial charge >= 0.3 is 0 Å². The first-order valence-corrected chi connectivity index (χ1v) is 13.7. The molecule has 0 spiro atoms. The van der Waals surface area contributed by atoms with Crippen LogP contribution in [0.25, 0.3) is 65.8 Å². The van der Waals surface area contributed by atoms with Gasteiger partial charge in [0.2, 0.25) is 0 Å². The lowest BCUT2D eigenvalue weighted by atomic mass is 10.1. The molecule has 0 aliphatic carbocycles. The molecular weight excluding hydrogens is 504 g/mol. The van der Waals surface area contributed by atoms with Crippen LogP contribution in [0, 0.1) is 0 Å². The maximum atomic E-state index is 6.53. The summed E-state index contributed by atoms with van der Waals surface area (Å²) in [5.41, 5.74) is 6.54. The molecule has 5 heteroatoms.